The average molecular weight is 242 g/mol. The minimum Gasteiger partial charge on any atom is -0.460 e. The second-order valence-electron chi connectivity index (χ2n) is 2.79. The maximum absolute atomic E-state index is 11.0. The van der Waals surface area contributed by atoms with Crippen molar-refractivity contribution in [1.29, 1.82) is 0 Å². The first-order chi connectivity index (χ1) is 8.31. The van der Waals surface area contributed by atoms with E-state index in [0.717, 1.165) is 0 Å². The van der Waals surface area contributed by atoms with Gasteiger partial charge in [0.05, 0.1) is 19.8 Å². The Bertz CT molecular complexity index is 274. The Kier molecular flexibility index (Phi) is 11.7. The van der Waals surface area contributed by atoms with Crippen molar-refractivity contribution < 1.29 is 24.1 Å². The predicted octanol–water partition coefficient (Wildman–Crippen LogP) is 0.135. The van der Waals surface area contributed by atoms with Gasteiger partial charge in [-0.25, -0.2) is 4.79 Å². The molecule has 0 radical (unpaired) electrons. The quantitative estimate of drug-likeness (QED) is 0.284. The predicted molar refractivity (Wildman–Crippen MR) is 62.3 cm³/mol. The van der Waals surface area contributed by atoms with Crippen molar-refractivity contribution in [3.8, 4) is 11.8 Å². The molecule has 0 atom stereocenters. The molecule has 5 nitrogen and oxygen atoms in total. The summed E-state index contributed by atoms with van der Waals surface area (Å²) in [6.07, 6.45) is 2.53. The van der Waals surface area contributed by atoms with E-state index in [-0.39, 0.29) is 13.2 Å². The normalized spacial score (nSPS) is 10.0. The fourth-order valence-electron chi connectivity index (χ4n) is 0.828. The van der Waals surface area contributed by atoms with E-state index in [2.05, 4.69) is 11.8 Å². The van der Waals surface area contributed by atoms with Crippen LogP contribution in [0.1, 0.15) is 6.92 Å². The van der Waals surface area contributed by atoms with Crippen LogP contribution in [0.25, 0.3) is 0 Å². The van der Waals surface area contributed by atoms with Crippen LogP contribution in [0.2, 0.25) is 0 Å². The molecule has 0 heterocycles. The molecule has 0 bridgehead atoms. The van der Waals surface area contributed by atoms with Crippen LogP contribution in [0.15, 0.2) is 12.2 Å². The highest BCUT2D eigenvalue weighted by atomic mass is 16.6. The van der Waals surface area contributed by atoms with Crippen molar-refractivity contribution in [2.75, 3.05) is 39.6 Å². The van der Waals surface area contributed by atoms with E-state index in [4.69, 9.17) is 19.3 Å². The van der Waals surface area contributed by atoms with Crippen molar-refractivity contribution >= 4 is 5.97 Å². The molecule has 0 unspecified atom stereocenters. The molecule has 0 aliphatic heterocycles. The Balaban J connectivity index is 3.36. The van der Waals surface area contributed by atoms with Crippen LogP contribution in [-0.4, -0.2) is 50.7 Å². The minimum absolute atomic E-state index is 0.197. The van der Waals surface area contributed by atoms with E-state index in [1.807, 2.05) is 6.92 Å². The van der Waals surface area contributed by atoms with Crippen LogP contribution in [0.4, 0.5) is 0 Å². The lowest BCUT2D eigenvalue weighted by molar-refractivity contribution is -0.139. The first-order valence-electron chi connectivity index (χ1n) is 5.39. The third kappa shape index (κ3) is 12.6. The monoisotopic (exact) mass is 242 g/mol. The maximum atomic E-state index is 11.0. The van der Waals surface area contributed by atoms with Crippen molar-refractivity contribution in [3.05, 3.63) is 12.2 Å². The molecule has 0 fully saturated rings. The molecule has 0 aromatic carbocycles. The van der Waals surface area contributed by atoms with Crippen LogP contribution in [0, 0.1) is 11.8 Å². The summed E-state index contributed by atoms with van der Waals surface area (Å²) in [5.41, 5.74) is 0. The largest absolute Gasteiger partial charge is 0.460 e. The number of aliphatic hydroxyl groups excluding tert-OH is 1. The zero-order valence-electron chi connectivity index (χ0n) is 9.98. The Morgan fingerprint density at radius 3 is 2.65 bits per heavy atom. The molecule has 0 amide bonds. The second kappa shape index (κ2) is 12.7. The highest BCUT2D eigenvalue weighted by molar-refractivity contribution is 5.82. The van der Waals surface area contributed by atoms with Crippen molar-refractivity contribution in [2.24, 2.45) is 0 Å². The lowest BCUT2D eigenvalue weighted by Gasteiger charge is -2.04. The number of rotatable bonds is 8. The first kappa shape index (κ1) is 15.7. The molecule has 0 saturated carbocycles. The molecule has 5 heteroatoms. The van der Waals surface area contributed by atoms with Gasteiger partial charge in [0.25, 0.3) is 0 Å². The molecule has 17 heavy (non-hydrogen) atoms. The Labute approximate surface area is 101 Å². The van der Waals surface area contributed by atoms with Crippen LogP contribution < -0.4 is 0 Å². The summed E-state index contributed by atoms with van der Waals surface area (Å²) in [6, 6.07) is 0. The highest BCUT2D eigenvalue weighted by Crippen LogP contribution is 1.84. The number of allylic oxidation sites excluding steroid dienone is 1. The lowest BCUT2D eigenvalue weighted by atomic mass is 10.5. The number of hydrogen-bond acceptors (Lipinski definition) is 5. The number of ether oxygens (including phenoxy) is 3. The average Bonchev–Trinajstić information content (AvgIpc) is 2.33. The molecule has 0 saturated heterocycles. The molecule has 0 aliphatic carbocycles. The summed E-state index contributed by atoms with van der Waals surface area (Å²) in [4.78, 5) is 11.0. The molecule has 0 rings (SSSR count). The summed E-state index contributed by atoms with van der Waals surface area (Å²) >= 11 is 0. The Hall–Kier alpha value is -1.35. The van der Waals surface area contributed by atoms with Crippen LogP contribution >= 0.6 is 0 Å². The SMILES string of the molecule is CCOCCOCCOC(=O)C=CC#CCO. The van der Waals surface area contributed by atoms with Crippen LogP contribution in [0.5, 0.6) is 0 Å². The van der Waals surface area contributed by atoms with Crippen LogP contribution in [-0.2, 0) is 19.0 Å². The summed E-state index contributed by atoms with van der Waals surface area (Å²) in [6.45, 7) is 3.92. The topological polar surface area (TPSA) is 65.0 Å². The van der Waals surface area contributed by atoms with Gasteiger partial charge in [-0.2, -0.15) is 0 Å². The number of carbonyl (C=O) groups excluding carboxylic acids is 1. The number of hydrogen-bond donors (Lipinski definition) is 1. The molecule has 0 aromatic rings. The standard InChI is InChI=1S/C12H18O5/c1-2-15-8-9-16-10-11-17-12(14)6-4-3-5-7-13/h4,6,13H,2,7-11H2,1H3. The van der Waals surface area contributed by atoms with Gasteiger partial charge in [-0.15, -0.1) is 0 Å². The highest BCUT2D eigenvalue weighted by Gasteiger charge is 1.95. The van der Waals surface area contributed by atoms with Crippen LogP contribution in [0.3, 0.4) is 0 Å². The van der Waals surface area contributed by atoms with E-state index < -0.39 is 5.97 Å². The Morgan fingerprint density at radius 2 is 1.94 bits per heavy atom. The minimum atomic E-state index is -0.481. The zero-order chi connectivity index (χ0) is 12.8. The van der Waals surface area contributed by atoms with E-state index in [9.17, 15) is 4.79 Å². The van der Waals surface area contributed by atoms with Gasteiger partial charge in [-0.05, 0) is 13.0 Å². The third-order valence-electron chi connectivity index (χ3n) is 1.53. The number of esters is 1. The summed E-state index contributed by atoms with van der Waals surface area (Å²) < 4.78 is 15.0. The smallest absolute Gasteiger partial charge is 0.331 e. The maximum Gasteiger partial charge on any atom is 0.331 e. The molecule has 96 valence electrons. The fraction of sp³-hybridized carbons (Fsp3) is 0.583. The zero-order valence-corrected chi connectivity index (χ0v) is 9.98. The molecular formula is C12H18O5. The lowest BCUT2D eigenvalue weighted by Crippen LogP contribution is -2.11. The van der Waals surface area contributed by atoms with E-state index in [1.54, 1.807) is 0 Å². The fourth-order valence-corrected chi connectivity index (χ4v) is 0.828. The van der Waals surface area contributed by atoms with E-state index in [1.165, 1.54) is 12.2 Å². The van der Waals surface area contributed by atoms with E-state index >= 15 is 0 Å². The Morgan fingerprint density at radius 1 is 1.24 bits per heavy atom. The van der Waals surface area contributed by atoms with Gasteiger partial charge in [-0.1, -0.05) is 11.8 Å². The van der Waals surface area contributed by atoms with Gasteiger partial charge in [0.2, 0.25) is 0 Å². The van der Waals surface area contributed by atoms with Crippen molar-refractivity contribution in [1.82, 2.24) is 0 Å². The molecule has 0 aliphatic rings. The van der Waals surface area contributed by atoms with Gasteiger partial charge in [0, 0.05) is 12.7 Å². The van der Waals surface area contributed by atoms with Crippen molar-refractivity contribution in [2.45, 2.75) is 6.92 Å². The summed E-state index contributed by atoms with van der Waals surface area (Å²) in [5.74, 6) is 4.35. The summed E-state index contributed by atoms with van der Waals surface area (Å²) in [5, 5.41) is 8.34. The van der Waals surface area contributed by atoms with Gasteiger partial charge < -0.3 is 19.3 Å². The van der Waals surface area contributed by atoms with Crippen molar-refractivity contribution in [3.63, 3.8) is 0 Å². The number of carbonyl (C=O) groups is 1. The number of aliphatic hydroxyl groups is 1. The van der Waals surface area contributed by atoms with Gasteiger partial charge in [0.1, 0.15) is 13.2 Å². The second-order valence-corrected chi connectivity index (χ2v) is 2.79. The summed E-state index contributed by atoms with van der Waals surface area (Å²) in [7, 11) is 0. The molecular weight excluding hydrogens is 224 g/mol. The van der Waals surface area contributed by atoms with E-state index in [0.29, 0.717) is 26.4 Å². The van der Waals surface area contributed by atoms with Gasteiger partial charge >= 0.3 is 5.97 Å². The molecule has 0 spiro atoms. The molecule has 0 aromatic heterocycles. The third-order valence-corrected chi connectivity index (χ3v) is 1.53. The van der Waals surface area contributed by atoms with Gasteiger partial charge in [0.15, 0.2) is 0 Å². The van der Waals surface area contributed by atoms with Gasteiger partial charge in [-0.3, -0.25) is 0 Å². The molecule has 1 N–H and O–H groups in total. The first-order valence-corrected chi connectivity index (χ1v) is 5.39.